The minimum absolute atomic E-state index is 0.0318. The molecular formula is C23H30N4O2. The molecule has 2 amide bonds. The maximum Gasteiger partial charge on any atom is 0.226 e. The predicted molar refractivity (Wildman–Crippen MR) is 111 cm³/mol. The van der Waals surface area contributed by atoms with Gasteiger partial charge in [0.2, 0.25) is 11.8 Å². The van der Waals surface area contributed by atoms with E-state index >= 15 is 0 Å². The smallest absolute Gasteiger partial charge is 0.226 e. The summed E-state index contributed by atoms with van der Waals surface area (Å²) in [6.45, 7) is 2.20. The van der Waals surface area contributed by atoms with E-state index in [-0.39, 0.29) is 22.8 Å². The van der Waals surface area contributed by atoms with Crippen molar-refractivity contribution >= 4 is 22.8 Å². The van der Waals surface area contributed by atoms with Crippen molar-refractivity contribution in [2.45, 2.75) is 57.4 Å². The largest absolute Gasteiger partial charge is 0.355 e. The average Bonchev–Trinajstić information content (AvgIpc) is 2.96. The second-order valence-electron chi connectivity index (χ2n) is 9.78. The normalized spacial score (nSPS) is 32.5. The van der Waals surface area contributed by atoms with Crippen LogP contribution in [-0.4, -0.2) is 33.4 Å². The zero-order valence-electron chi connectivity index (χ0n) is 17.3. The van der Waals surface area contributed by atoms with Gasteiger partial charge in [-0.15, -0.1) is 0 Å². The summed E-state index contributed by atoms with van der Waals surface area (Å²) in [7, 11) is 2.03. The minimum atomic E-state index is -0.307. The van der Waals surface area contributed by atoms with E-state index in [1.54, 1.807) is 6.92 Å². The minimum Gasteiger partial charge on any atom is -0.355 e. The number of benzene rings is 1. The number of hydrogen-bond donors (Lipinski definition) is 2. The van der Waals surface area contributed by atoms with Gasteiger partial charge in [-0.05, 0) is 62.5 Å². The number of nitrogens with one attached hydrogen (secondary N) is 2. The third kappa shape index (κ3) is 3.13. The Morgan fingerprint density at radius 1 is 1.17 bits per heavy atom. The second-order valence-corrected chi connectivity index (χ2v) is 9.78. The van der Waals surface area contributed by atoms with Crippen molar-refractivity contribution in [2.24, 2.45) is 24.3 Å². The van der Waals surface area contributed by atoms with Crippen molar-refractivity contribution in [3.05, 3.63) is 30.1 Å². The highest BCUT2D eigenvalue weighted by Crippen LogP contribution is 2.61. The quantitative estimate of drug-likeness (QED) is 0.819. The van der Waals surface area contributed by atoms with Crippen molar-refractivity contribution in [3.63, 3.8) is 0 Å². The first-order chi connectivity index (χ1) is 13.9. The molecule has 2 N–H and O–H groups in total. The molecule has 1 aromatic carbocycles. The number of amides is 2. The highest BCUT2D eigenvalue weighted by atomic mass is 16.2. The molecule has 4 fully saturated rings. The van der Waals surface area contributed by atoms with Crippen LogP contribution in [0.3, 0.4) is 0 Å². The highest BCUT2D eigenvalue weighted by molar-refractivity contribution is 5.84. The van der Waals surface area contributed by atoms with Crippen molar-refractivity contribution in [1.29, 1.82) is 0 Å². The maximum atomic E-state index is 13.3. The molecule has 6 nitrogen and oxygen atoms in total. The summed E-state index contributed by atoms with van der Waals surface area (Å²) in [4.78, 5) is 29.8. The fraction of sp³-hybridized carbons (Fsp3) is 0.609. The number of hydrogen-bond acceptors (Lipinski definition) is 3. The van der Waals surface area contributed by atoms with Crippen LogP contribution in [0.15, 0.2) is 24.3 Å². The van der Waals surface area contributed by atoms with Crippen LogP contribution < -0.4 is 10.6 Å². The summed E-state index contributed by atoms with van der Waals surface area (Å²) in [5.74, 6) is 2.33. The molecule has 1 heterocycles. The number of nitrogens with zero attached hydrogens (tertiary/aromatic N) is 2. The van der Waals surface area contributed by atoms with E-state index in [4.69, 9.17) is 4.98 Å². The van der Waals surface area contributed by atoms with Crippen LogP contribution in [0, 0.1) is 17.3 Å². The van der Waals surface area contributed by atoms with E-state index in [1.807, 2.05) is 25.2 Å². The van der Waals surface area contributed by atoms with Crippen LogP contribution in [0.25, 0.3) is 11.0 Å². The lowest BCUT2D eigenvalue weighted by atomic mass is 9.46. The average molecular weight is 395 g/mol. The van der Waals surface area contributed by atoms with Gasteiger partial charge in [-0.1, -0.05) is 12.1 Å². The fourth-order valence-corrected chi connectivity index (χ4v) is 6.94. The molecule has 6 rings (SSSR count). The number of carbonyl (C=O) groups is 2. The Labute approximate surface area is 171 Å². The van der Waals surface area contributed by atoms with Crippen LogP contribution in [-0.2, 0) is 23.1 Å². The van der Waals surface area contributed by atoms with Crippen LogP contribution in [0.5, 0.6) is 0 Å². The molecule has 0 spiro atoms. The molecule has 4 saturated carbocycles. The molecule has 0 aliphatic heterocycles. The molecule has 4 aliphatic carbocycles. The molecule has 0 unspecified atom stereocenters. The molecular weight excluding hydrogens is 364 g/mol. The third-order valence-electron chi connectivity index (χ3n) is 7.50. The van der Waals surface area contributed by atoms with Crippen LogP contribution in [0.4, 0.5) is 0 Å². The first kappa shape index (κ1) is 18.6. The Kier molecular flexibility index (Phi) is 4.23. The molecule has 2 atom stereocenters. The summed E-state index contributed by atoms with van der Waals surface area (Å²) in [5, 5.41) is 6.46. The van der Waals surface area contributed by atoms with Crippen molar-refractivity contribution < 1.29 is 9.59 Å². The van der Waals surface area contributed by atoms with Gasteiger partial charge < -0.3 is 15.2 Å². The predicted octanol–water partition coefficient (Wildman–Crippen LogP) is 2.71. The van der Waals surface area contributed by atoms with E-state index < -0.39 is 0 Å². The third-order valence-corrected chi connectivity index (χ3v) is 7.50. The Balaban J connectivity index is 1.28. The molecule has 1 aromatic heterocycles. The van der Waals surface area contributed by atoms with E-state index in [9.17, 15) is 9.59 Å². The molecule has 4 bridgehead atoms. The van der Waals surface area contributed by atoms with Gasteiger partial charge in [0.15, 0.2) is 0 Å². The standard InChI is InChI=1S/C23H30N4O2/c1-15(28)26-23-12-16-9-17(13-23)11-22(10-16,14-23)21(29)24-8-7-20-25-18-5-3-4-6-19(18)27(20)2/h3-6,16-17H,7-14H2,1-2H3,(H,24,29)(H,26,28)/t16-,17-,22?,23?/m0/s1. The number of fused-ring (bicyclic) bond motifs is 1. The Bertz CT molecular complexity index is 964. The van der Waals surface area contributed by atoms with Gasteiger partial charge in [0.25, 0.3) is 0 Å². The number of rotatable bonds is 5. The summed E-state index contributed by atoms with van der Waals surface area (Å²) < 4.78 is 2.11. The number of aryl methyl sites for hydroxylation is 1. The molecule has 2 aromatic rings. The molecule has 0 radical (unpaired) electrons. The number of carbonyl (C=O) groups excluding carboxylic acids is 2. The van der Waals surface area contributed by atoms with Gasteiger partial charge >= 0.3 is 0 Å². The molecule has 6 heteroatoms. The van der Waals surface area contributed by atoms with Crippen molar-refractivity contribution in [1.82, 2.24) is 20.2 Å². The monoisotopic (exact) mass is 394 g/mol. The summed E-state index contributed by atoms with van der Waals surface area (Å²) in [6, 6.07) is 8.11. The Morgan fingerprint density at radius 3 is 2.59 bits per heavy atom. The van der Waals surface area contributed by atoms with Gasteiger partial charge in [0, 0.05) is 32.5 Å². The van der Waals surface area contributed by atoms with E-state index in [0.717, 1.165) is 55.4 Å². The van der Waals surface area contributed by atoms with Crippen molar-refractivity contribution in [2.75, 3.05) is 6.54 Å². The van der Waals surface area contributed by atoms with Gasteiger partial charge in [0.1, 0.15) is 5.82 Å². The van der Waals surface area contributed by atoms with E-state index in [0.29, 0.717) is 18.4 Å². The van der Waals surface area contributed by atoms with E-state index in [1.165, 1.54) is 6.42 Å². The SMILES string of the molecule is CC(=O)NC12C[C@H]3C[C@H](C1)CC(C(=O)NCCc1nc4ccccc4n1C)(C3)C2. The first-order valence-electron chi connectivity index (χ1n) is 10.9. The zero-order valence-corrected chi connectivity index (χ0v) is 17.3. The van der Waals surface area contributed by atoms with Gasteiger partial charge in [0.05, 0.1) is 16.4 Å². The van der Waals surface area contributed by atoms with Gasteiger partial charge in [-0.3, -0.25) is 9.59 Å². The molecule has 154 valence electrons. The zero-order chi connectivity index (χ0) is 20.2. The number of imidazole rings is 1. The molecule has 4 aliphatic rings. The summed E-state index contributed by atoms with van der Waals surface area (Å²) in [6.07, 6.45) is 6.76. The molecule has 29 heavy (non-hydrogen) atoms. The van der Waals surface area contributed by atoms with E-state index in [2.05, 4.69) is 21.3 Å². The first-order valence-corrected chi connectivity index (χ1v) is 10.9. The van der Waals surface area contributed by atoms with Crippen LogP contribution in [0.2, 0.25) is 0 Å². The Hall–Kier alpha value is -2.37. The lowest BCUT2D eigenvalue weighted by molar-refractivity contribution is -0.153. The van der Waals surface area contributed by atoms with Crippen LogP contribution >= 0.6 is 0 Å². The summed E-state index contributed by atoms with van der Waals surface area (Å²) in [5.41, 5.74) is 1.64. The topological polar surface area (TPSA) is 76.0 Å². The number of aromatic nitrogens is 2. The van der Waals surface area contributed by atoms with Gasteiger partial charge in [-0.2, -0.15) is 0 Å². The molecule has 0 saturated heterocycles. The fourth-order valence-electron chi connectivity index (χ4n) is 6.94. The lowest BCUT2D eigenvalue weighted by Crippen LogP contribution is -2.65. The highest BCUT2D eigenvalue weighted by Gasteiger charge is 2.60. The number of para-hydroxylation sites is 2. The summed E-state index contributed by atoms with van der Waals surface area (Å²) >= 11 is 0. The van der Waals surface area contributed by atoms with Crippen LogP contribution in [0.1, 0.15) is 51.3 Å². The maximum absolute atomic E-state index is 13.3. The van der Waals surface area contributed by atoms with Gasteiger partial charge in [-0.25, -0.2) is 4.98 Å². The van der Waals surface area contributed by atoms with Crippen molar-refractivity contribution in [3.8, 4) is 0 Å². The Morgan fingerprint density at radius 2 is 1.90 bits per heavy atom. The lowest BCUT2D eigenvalue weighted by Gasteiger charge is -2.61. The second kappa shape index (κ2) is 6.57.